The molecule has 1 fully saturated rings. The van der Waals surface area contributed by atoms with E-state index in [2.05, 4.69) is 54.5 Å². The Kier molecular flexibility index (Phi) is 2.23. The van der Waals surface area contributed by atoms with Crippen LogP contribution in [0.3, 0.4) is 0 Å². The van der Waals surface area contributed by atoms with Crippen molar-refractivity contribution in [3.63, 3.8) is 0 Å². The molecule has 0 aromatic rings. The molecular weight excluding hydrogens is 196 g/mol. The van der Waals surface area contributed by atoms with Gasteiger partial charge < -0.3 is 4.74 Å². The molecule has 0 saturated carbocycles. The van der Waals surface area contributed by atoms with Crippen molar-refractivity contribution < 1.29 is 4.74 Å². The van der Waals surface area contributed by atoms with Gasteiger partial charge in [-0.25, -0.2) is 0 Å². The quantitative estimate of drug-likeness (QED) is 0.554. The minimum atomic E-state index is -0.0234. The third-order valence-electron chi connectivity index (χ3n) is 4.77. The predicted molar refractivity (Wildman–Crippen MR) is 68.4 cm³/mol. The molecule has 0 spiro atoms. The van der Waals surface area contributed by atoms with Crippen LogP contribution in [-0.4, -0.2) is 11.2 Å². The lowest BCUT2D eigenvalue weighted by Crippen LogP contribution is -2.44. The van der Waals surface area contributed by atoms with Crippen LogP contribution in [0.25, 0.3) is 0 Å². The number of rotatable bonds is 0. The summed E-state index contributed by atoms with van der Waals surface area (Å²) < 4.78 is 6.60. The predicted octanol–water partition coefficient (Wildman–Crippen LogP) is 4.33. The number of ether oxygens (including phenoxy) is 1. The maximum absolute atomic E-state index is 6.60. The third kappa shape index (κ3) is 1.27. The summed E-state index contributed by atoms with van der Waals surface area (Å²) >= 11 is 0. The van der Waals surface area contributed by atoms with Crippen LogP contribution in [0.4, 0.5) is 0 Å². The van der Waals surface area contributed by atoms with Crippen molar-refractivity contribution >= 4 is 0 Å². The summed E-state index contributed by atoms with van der Waals surface area (Å²) in [5.41, 5.74) is 1.79. The summed E-state index contributed by atoms with van der Waals surface area (Å²) in [5, 5.41) is 0. The maximum atomic E-state index is 6.60. The molecule has 2 aliphatic rings. The second-order valence-electron chi connectivity index (χ2n) is 7.65. The van der Waals surface area contributed by atoms with Gasteiger partial charge >= 0.3 is 0 Å². The molecule has 0 radical (unpaired) electrons. The summed E-state index contributed by atoms with van der Waals surface area (Å²) in [6.07, 6.45) is 4.75. The lowest BCUT2D eigenvalue weighted by molar-refractivity contribution is -0.130. The number of fused-ring (bicyclic) bond motifs is 2. The van der Waals surface area contributed by atoms with Gasteiger partial charge in [-0.1, -0.05) is 47.6 Å². The Morgan fingerprint density at radius 3 is 1.81 bits per heavy atom. The molecule has 16 heavy (non-hydrogen) atoms. The summed E-state index contributed by atoms with van der Waals surface area (Å²) in [7, 11) is 0. The van der Waals surface area contributed by atoms with Crippen LogP contribution in [0.2, 0.25) is 0 Å². The van der Waals surface area contributed by atoms with Crippen LogP contribution in [0.5, 0.6) is 0 Å². The zero-order chi connectivity index (χ0) is 12.4. The zero-order valence-corrected chi connectivity index (χ0v) is 11.9. The second kappa shape index (κ2) is 2.93. The molecule has 0 N–H and O–H groups in total. The van der Waals surface area contributed by atoms with Crippen molar-refractivity contribution in [1.82, 2.24) is 0 Å². The van der Waals surface area contributed by atoms with E-state index < -0.39 is 0 Å². The van der Waals surface area contributed by atoms with E-state index in [0.29, 0.717) is 0 Å². The molecule has 2 aliphatic heterocycles. The topological polar surface area (TPSA) is 9.23 Å². The van der Waals surface area contributed by atoms with Crippen LogP contribution < -0.4 is 0 Å². The van der Waals surface area contributed by atoms with Gasteiger partial charge in [0.2, 0.25) is 0 Å². The van der Waals surface area contributed by atoms with E-state index in [1.54, 1.807) is 0 Å². The minimum Gasteiger partial charge on any atom is -0.359 e. The van der Waals surface area contributed by atoms with E-state index in [4.69, 9.17) is 4.74 Å². The van der Waals surface area contributed by atoms with E-state index >= 15 is 0 Å². The van der Waals surface area contributed by atoms with Crippen LogP contribution in [0.1, 0.15) is 61.3 Å². The van der Waals surface area contributed by atoms with E-state index in [1.165, 1.54) is 18.4 Å². The Balaban J connectivity index is 2.46. The van der Waals surface area contributed by atoms with Gasteiger partial charge in [-0.05, 0) is 36.2 Å². The second-order valence-corrected chi connectivity index (χ2v) is 7.65. The monoisotopic (exact) mass is 222 g/mol. The summed E-state index contributed by atoms with van der Waals surface area (Å²) in [4.78, 5) is 0. The highest BCUT2D eigenvalue weighted by Crippen LogP contribution is 2.61. The molecule has 1 saturated heterocycles. The molecule has 0 aliphatic carbocycles. The smallest absolute Gasteiger partial charge is 0.0951 e. The number of hydrogen-bond donors (Lipinski definition) is 0. The van der Waals surface area contributed by atoms with Gasteiger partial charge in [0, 0.05) is 0 Å². The standard InChI is InChI=1S/C15H26O/c1-11-10-14(12(2,3)4)8-9-15(11,16-14)13(5,6)7/h10H,8-9H2,1-7H3. The zero-order valence-electron chi connectivity index (χ0n) is 11.9. The molecule has 2 rings (SSSR count). The van der Waals surface area contributed by atoms with Crippen LogP contribution in [0.15, 0.2) is 11.6 Å². The molecule has 0 amide bonds. The van der Waals surface area contributed by atoms with E-state index in [-0.39, 0.29) is 22.0 Å². The highest BCUT2D eigenvalue weighted by Gasteiger charge is 2.63. The fraction of sp³-hybridized carbons (Fsp3) is 0.867. The largest absolute Gasteiger partial charge is 0.359 e. The fourth-order valence-corrected chi connectivity index (χ4v) is 3.48. The van der Waals surface area contributed by atoms with E-state index in [0.717, 1.165) is 0 Å². The van der Waals surface area contributed by atoms with Crippen molar-refractivity contribution in [2.24, 2.45) is 10.8 Å². The van der Waals surface area contributed by atoms with Gasteiger partial charge in [-0.15, -0.1) is 0 Å². The van der Waals surface area contributed by atoms with Crippen molar-refractivity contribution in [3.05, 3.63) is 11.6 Å². The fourth-order valence-electron chi connectivity index (χ4n) is 3.48. The molecule has 2 heterocycles. The molecule has 0 aromatic heterocycles. The summed E-state index contributed by atoms with van der Waals surface area (Å²) in [6.45, 7) is 16.0. The Morgan fingerprint density at radius 1 is 1.00 bits per heavy atom. The molecular formula is C15H26O. The first kappa shape index (κ1) is 12.2. The average Bonchev–Trinajstić information content (AvgIpc) is 2.55. The molecule has 0 aromatic carbocycles. The first-order valence-corrected chi connectivity index (χ1v) is 6.44. The van der Waals surface area contributed by atoms with E-state index in [9.17, 15) is 0 Å². The van der Waals surface area contributed by atoms with Crippen molar-refractivity contribution in [2.75, 3.05) is 0 Å². The Morgan fingerprint density at radius 2 is 1.56 bits per heavy atom. The molecule has 1 nitrogen and oxygen atoms in total. The average molecular weight is 222 g/mol. The number of hydrogen-bond acceptors (Lipinski definition) is 1. The first-order valence-electron chi connectivity index (χ1n) is 6.44. The Labute approximate surface area is 100 Å². The Hall–Kier alpha value is -0.300. The van der Waals surface area contributed by atoms with Crippen LogP contribution >= 0.6 is 0 Å². The van der Waals surface area contributed by atoms with E-state index in [1.807, 2.05) is 0 Å². The van der Waals surface area contributed by atoms with Crippen molar-refractivity contribution in [2.45, 2.75) is 72.5 Å². The van der Waals surface area contributed by atoms with Gasteiger partial charge in [-0.3, -0.25) is 0 Å². The highest BCUT2D eigenvalue weighted by molar-refractivity contribution is 5.36. The molecule has 2 unspecified atom stereocenters. The third-order valence-corrected chi connectivity index (χ3v) is 4.77. The maximum Gasteiger partial charge on any atom is 0.0951 e. The lowest BCUT2D eigenvalue weighted by atomic mass is 9.65. The molecule has 2 atom stereocenters. The van der Waals surface area contributed by atoms with Gasteiger partial charge in [0.1, 0.15) is 0 Å². The molecule has 1 heteroatoms. The summed E-state index contributed by atoms with van der Waals surface area (Å²) in [6, 6.07) is 0. The molecule has 2 bridgehead atoms. The first-order chi connectivity index (χ1) is 7.04. The van der Waals surface area contributed by atoms with Gasteiger partial charge in [0.15, 0.2) is 0 Å². The van der Waals surface area contributed by atoms with Crippen molar-refractivity contribution in [3.8, 4) is 0 Å². The van der Waals surface area contributed by atoms with Gasteiger partial charge in [-0.2, -0.15) is 0 Å². The minimum absolute atomic E-state index is 0.0136. The highest BCUT2D eigenvalue weighted by atomic mass is 16.5. The molecule has 92 valence electrons. The lowest BCUT2D eigenvalue weighted by Gasteiger charge is -2.41. The van der Waals surface area contributed by atoms with Crippen LogP contribution in [0, 0.1) is 10.8 Å². The normalized spacial score (nSPS) is 39.1. The summed E-state index contributed by atoms with van der Waals surface area (Å²) in [5.74, 6) is 0. The SMILES string of the molecule is CC1=CC2(C(C)(C)C)CCC1(C(C)(C)C)O2. The van der Waals surface area contributed by atoms with Crippen molar-refractivity contribution in [1.29, 1.82) is 0 Å². The van der Waals surface area contributed by atoms with Gasteiger partial charge in [0.25, 0.3) is 0 Å². The Bertz CT molecular complexity index is 339. The van der Waals surface area contributed by atoms with Gasteiger partial charge in [0.05, 0.1) is 11.2 Å². The van der Waals surface area contributed by atoms with Crippen LogP contribution in [-0.2, 0) is 4.74 Å².